The molecule has 3 heterocycles. The van der Waals surface area contributed by atoms with Crippen LogP contribution in [0.4, 0.5) is 15.8 Å². The topological polar surface area (TPSA) is 107 Å². The fourth-order valence-corrected chi connectivity index (χ4v) is 5.31. The molecule has 8 nitrogen and oxygen atoms in total. The Morgan fingerprint density at radius 2 is 2.03 bits per heavy atom. The summed E-state index contributed by atoms with van der Waals surface area (Å²) in [7, 11) is -3.67. The van der Waals surface area contributed by atoms with Crippen molar-refractivity contribution < 1.29 is 17.6 Å². The van der Waals surface area contributed by atoms with E-state index in [0.717, 1.165) is 31.9 Å². The number of pyridine rings is 1. The van der Waals surface area contributed by atoms with Crippen molar-refractivity contribution in [3.05, 3.63) is 53.6 Å². The van der Waals surface area contributed by atoms with Crippen LogP contribution in [0.25, 0.3) is 11.0 Å². The minimum atomic E-state index is -3.67. The second kappa shape index (κ2) is 8.18. The van der Waals surface area contributed by atoms with Crippen LogP contribution in [0.1, 0.15) is 41.6 Å². The van der Waals surface area contributed by atoms with E-state index in [2.05, 4.69) is 20.0 Å². The summed E-state index contributed by atoms with van der Waals surface area (Å²) in [6, 6.07) is 6.33. The smallest absolute Gasteiger partial charge is 0.301 e. The van der Waals surface area contributed by atoms with Gasteiger partial charge in [-0.05, 0) is 43.7 Å². The van der Waals surface area contributed by atoms with Crippen molar-refractivity contribution in [1.82, 2.24) is 14.3 Å². The first kappa shape index (κ1) is 20.9. The Bertz CT molecular complexity index is 1280. The summed E-state index contributed by atoms with van der Waals surface area (Å²) in [5.41, 5.74) is 1.56. The molecule has 32 heavy (non-hydrogen) atoms. The lowest BCUT2D eigenvalue weighted by Crippen LogP contribution is -2.33. The Morgan fingerprint density at radius 3 is 2.78 bits per heavy atom. The summed E-state index contributed by atoms with van der Waals surface area (Å²) in [5, 5.41) is 3.54. The van der Waals surface area contributed by atoms with Crippen LogP contribution >= 0.6 is 0 Å². The molecule has 1 saturated heterocycles. The van der Waals surface area contributed by atoms with Crippen LogP contribution in [0.3, 0.4) is 0 Å². The van der Waals surface area contributed by atoms with Gasteiger partial charge in [0.2, 0.25) is 0 Å². The first-order valence-electron chi connectivity index (χ1n) is 10.7. The second-order valence-corrected chi connectivity index (χ2v) is 10.0. The van der Waals surface area contributed by atoms with Crippen LogP contribution in [-0.4, -0.2) is 48.1 Å². The van der Waals surface area contributed by atoms with Crippen molar-refractivity contribution in [2.45, 2.75) is 25.7 Å². The Kier molecular flexibility index (Phi) is 5.34. The summed E-state index contributed by atoms with van der Waals surface area (Å²) in [5.74, 6) is -0.338. The quantitative estimate of drug-likeness (QED) is 0.449. The number of hydrogen-bond donors (Lipinski definition) is 3. The van der Waals surface area contributed by atoms with Crippen molar-refractivity contribution in [3.8, 4) is 0 Å². The zero-order valence-corrected chi connectivity index (χ0v) is 18.2. The van der Waals surface area contributed by atoms with Gasteiger partial charge in [0.15, 0.2) is 11.6 Å². The van der Waals surface area contributed by atoms with Gasteiger partial charge >= 0.3 is 10.2 Å². The fourth-order valence-electron chi connectivity index (χ4n) is 4.01. The molecule has 2 aliphatic rings. The molecule has 0 spiro atoms. The molecule has 0 atom stereocenters. The molecule has 1 aliphatic carbocycles. The van der Waals surface area contributed by atoms with Crippen LogP contribution in [0, 0.1) is 11.7 Å². The van der Waals surface area contributed by atoms with E-state index in [1.165, 1.54) is 16.6 Å². The van der Waals surface area contributed by atoms with Crippen LogP contribution in [0.5, 0.6) is 0 Å². The van der Waals surface area contributed by atoms with Gasteiger partial charge in [-0.15, -0.1) is 0 Å². The molecule has 1 aliphatic heterocycles. The Morgan fingerprint density at radius 1 is 1.25 bits per heavy atom. The molecule has 1 aromatic carbocycles. The summed E-state index contributed by atoms with van der Waals surface area (Å²) in [4.78, 5) is 20.3. The van der Waals surface area contributed by atoms with E-state index in [1.54, 1.807) is 18.2 Å². The van der Waals surface area contributed by atoms with E-state index in [9.17, 15) is 17.6 Å². The number of fused-ring (bicyclic) bond motifs is 1. The van der Waals surface area contributed by atoms with E-state index < -0.39 is 16.0 Å². The number of benzene rings is 1. The number of nitrogens with zero attached hydrogens (tertiary/aromatic N) is 2. The number of aromatic amines is 1. The van der Waals surface area contributed by atoms with Gasteiger partial charge in [-0.2, -0.15) is 12.7 Å². The van der Waals surface area contributed by atoms with Gasteiger partial charge < -0.3 is 10.3 Å². The second-order valence-electron chi connectivity index (χ2n) is 8.35. The lowest BCUT2D eigenvalue weighted by Gasteiger charge is -2.17. The third kappa shape index (κ3) is 4.07. The first-order chi connectivity index (χ1) is 15.4. The molecule has 3 aromatic rings. The number of carbonyl (C=O) groups is 1. The number of anilines is 2. The number of aromatic nitrogens is 2. The maximum absolute atomic E-state index is 14.6. The van der Waals surface area contributed by atoms with Crippen molar-refractivity contribution in [2.24, 2.45) is 5.92 Å². The van der Waals surface area contributed by atoms with Crippen LogP contribution in [0.15, 0.2) is 36.7 Å². The predicted molar refractivity (Wildman–Crippen MR) is 120 cm³/mol. The monoisotopic (exact) mass is 457 g/mol. The van der Waals surface area contributed by atoms with E-state index >= 15 is 0 Å². The highest BCUT2D eigenvalue weighted by atomic mass is 32.2. The lowest BCUT2D eigenvalue weighted by molar-refractivity contribution is 0.104. The number of halogens is 1. The third-order valence-electron chi connectivity index (χ3n) is 5.94. The zero-order chi connectivity index (χ0) is 22.3. The molecule has 0 unspecified atom stereocenters. The number of rotatable bonds is 8. The molecule has 0 amide bonds. The summed E-state index contributed by atoms with van der Waals surface area (Å²) in [6.45, 7) is 1.61. The molecule has 10 heteroatoms. The minimum absolute atomic E-state index is 0.261. The number of ketones is 1. The maximum atomic E-state index is 14.6. The minimum Gasteiger partial charge on any atom is -0.382 e. The highest BCUT2D eigenvalue weighted by Gasteiger charge is 2.26. The van der Waals surface area contributed by atoms with Crippen molar-refractivity contribution in [1.29, 1.82) is 0 Å². The SMILES string of the molecule is O=C(c1cccc(NS(=O)(=O)N2CCCC2)c1)c1c[nH]c2ncc(F)c(NCC3CC3)c12. The van der Waals surface area contributed by atoms with Gasteiger partial charge in [0, 0.05) is 31.4 Å². The molecule has 0 bridgehead atoms. The fraction of sp³-hybridized carbons (Fsp3) is 0.364. The largest absolute Gasteiger partial charge is 0.382 e. The predicted octanol–water partition coefficient (Wildman–Crippen LogP) is 3.51. The molecule has 5 rings (SSSR count). The Labute approximate surface area is 185 Å². The van der Waals surface area contributed by atoms with Gasteiger partial charge in [0.25, 0.3) is 0 Å². The van der Waals surface area contributed by atoms with Gasteiger partial charge in [-0.1, -0.05) is 12.1 Å². The van der Waals surface area contributed by atoms with Gasteiger partial charge in [-0.25, -0.2) is 9.37 Å². The van der Waals surface area contributed by atoms with E-state index in [1.807, 2.05) is 0 Å². The molecule has 168 valence electrons. The molecule has 1 saturated carbocycles. The van der Waals surface area contributed by atoms with Crippen LogP contribution < -0.4 is 10.0 Å². The maximum Gasteiger partial charge on any atom is 0.301 e. The van der Waals surface area contributed by atoms with E-state index in [-0.39, 0.29) is 17.0 Å². The molecule has 3 N–H and O–H groups in total. The molecule has 2 aromatic heterocycles. The summed E-state index contributed by atoms with van der Waals surface area (Å²) >= 11 is 0. The highest BCUT2D eigenvalue weighted by Crippen LogP contribution is 2.33. The summed E-state index contributed by atoms with van der Waals surface area (Å²) in [6.07, 6.45) is 6.55. The Hall–Kier alpha value is -2.98. The number of H-pyrrole nitrogens is 1. The number of carbonyl (C=O) groups excluding carboxylic acids is 1. The summed E-state index contributed by atoms with van der Waals surface area (Å²) < 4.78 is 43.7. The molecule has 0 radical (unpaired) electrons. The number of hydrogen-bond acceptors (Lipinski definition) is 5. The third-order valence-corrected chi connectivity index (χ3v) is 7.48. The Balaban J connectivity index is 1.45. The normalized spacial score (nSPS) is 17.0. The average Bonchev–Trinajstić information content (AvgIpc) is 3.24. The van der Waals surface area contributed by atoms with Gasteiger partial charge in [-0.3, -0.25) is 9.52 Å². The standard InChI is InChI=1S/C22H24FN5O3S/c23-18-13-26-22-19(20(18)24-11-14-6-7-14)17(12-25-22)21(29)15-4-3-5-16(10-15)27-32(30,31)28-8-1-2-9-28/h3-5,10,12-14,27H,1-2,6-9,11H2,(H2,24,25,26). The van der Waals surface area contributed by atoms with E-state index in [4.69, 9.17) is 0 Å². The lowest BCUT2D eigenvalue weighted by atomic mass is 10.0. The molecular formula is C22H24FN5O3S. The van der Waals surface area contributed by atoms with Crippen LogP contribution in [-0.2, 0) is 10.2 Å². The zero-order valence-electron chi connectivity index (χ0n) is 17.4. The van der Waals surface area contributed by atoms with Crippen molar-refractivity contribution in [2.75, 3.05) is 29.7 Å². The molecular weight excluding hydrogens is 433 g/mol. The average molecular weight is 458 g/mol. The van der Waals surface area contributed by atoms with Crippen LogP contribution in [0.2, 0.25) is 0 Å². The van der Waals surface area contributed by atoms with Crippen molar-refractivity contribution in [3.63, 3.8) is 0 Å². The van der Waals surface area contributed by atoms with Gasteiger partial charge in [0.05, 0.1) is 28.5 Å². The van der Waals surface area contributed by atoms with E-state index in [0.29, 0.717) is 47.8 Å². The highest BCUT2D eigenvalue weighted by molar-refractivity contribution is 7.90. The van der Waals surface area contributed by atoms with Gasteiger partial charge in [0.1, 0.15) is 5.65 Å². The number of nitrogens with one attached hydrogen (secondary N) is 3. The van der Waals surface area contributed by atoms with Crippen molar-refractivity contribution >= 4 is 38.4 Å². The molecule has 2 fully saturated rings. The first-order valence-corrected chi connectivity index (χ1v) is 12.2.